The van der Waals surface area contributed by atoms with Crippen LogP contribution < -0.4 is 20.3 Å². The van der Waals surface area contributed by atoms with E-state index in [0.717, 1.165) is 11.1 Å². The van der Waals surface area contributed by atoms with Gasteiger partial charge in [-0.3, -0.25) is 9.59 Å². The summed E-state index contributed by atoms with van der Waals surface area (Å²) in [6, 6.07) is 11.3. The predicted molar refractivity (Wildman–Crippen MR) is 109 cm³/mol. The molecule has 0 bridgehead atoms. The second-order valence-electron chi connectivity index (χ2n) is 6.56. The number of fused-ring (bicyclic) bond motifs is 1. The molecule has 6 heteroatoms. The zero-order chi connectivity index (χ0) is 20.3. The smallest absolute Gasteiger partial charge is 0.258 e. The van der Waals surface area contributed by atoms with Crippen LogP contribution in [0.2, 0.25) is 0 Å². The molecule has 3 rings (SSSR count). The maximum atomic E-state index is 13.0. The van der Waals surface area contributed by atoms with Crippen molar-refractivity contribution < 1.29 is 14.3 Å². The minimum absolute atomic E-state index is 0.173. The summed E-state index contributed by atoms with van der Waals surface area (Å²) < 4.78 is 12.2. The van der Waals surface area contributed by atoms with E-state index in [1.54, 1.807) is 18.3 Å². The van der Waals surface area contributed by atoms with E-state index in [4.69, 9.17) is 9.47 Å². The van der Waals surface area contributed by atoms with Crippen molar-refractivity contribution in [3.05, 3.63) is 69.6 Å². The maximum absolute atomic E-state index is 13.0. The Morgan fingerprint density at radius 1 is 1.07 bits per heavy atom. The van der Waals surface area contributed by atoms with Crippen molar-refractivity contribution in [1.82, 2.24) is 9.88 Å². The second kappa shape index (κ2) is 8.17. The molecule has 0 aliphatic carbocycles. The molecule has 0 saturated carbocycles. The molecule has 0 atom stereocenters. The first-order valence-electron chi connectivity index (χ1n) is 9.11. The fourth-order valence-corrected chi connectivity index (χ4v) is 3.23. The van der Waals surface area contributed by atoms with Gasteiger partial charge in [0.15, 0.2) is 11.5 Å². The number of carbonyl (C=O) groups is 1. The third-order valence-corrected chi connectivity index (χ3v) is 4.71. The number of aromatic nitrogens is 1. The number of nitrogens with zero attached hydrogens (tertiary/aromatic N) is 1. The molecule has 0 spiro atoms. The van der Waals surface area contributed by atoms with E-state index in [9.17, 15) is 9.59 Å². The zero-order valence-corrected chi connectivity index (χ0v) is 16.5. The van der Waals surface area contributed by atoms with Crippen LogP contribution in [0.5, 0.6) is 11.5 Å². The standard InChI is InChI=1S/C22H24N2O4/c1-5-24-13-18(21(25)23-12-15-8-6-7-14(2)9-15)16-10-19(27-3)20(28-4)11-17(16)22(24)26/h6-11,13H,5,12H2,1-4H3,(H,23,25). The van der Waals surface area contributed by atoms with Gasteiger partial charge in [-0.2, -0.15) is 0 Å². The van der Waals surface area contributed by atoms with Crippen molar-refractivity contribution in [2.24, 2.45) is 0 Å². The number of hydrogen-bond acceptors (Lipinski definition) is 4. The van der Waals surface area contributed by atoms with Crippen molar-refractivity contribution in [2.45, 2.75) is 26.9 Å². The summed E-state index contributed by atoms with van der Waals surface area (Å²) in [7, 11) is 3.04. The molecule has 0 radical (unpaired) electrons. The molecule has 1 N–H and O–H groups in total. The number of hydrogen-bond donors (Lipinski definition) is 1. The number of ether oxygens (including phenoxy) is 2. The van der Waals surface area contributed by atoms with Crippen LogP contribution in [0.25, 0.3) is 10.8 Å². The molecule has 0 aliphatic heterocycles. The first-order chi connectivity index (χ1) is 13.5. The van der Waals surface area contributed by atoms with Crippen molar-refractivity contribution in [3.63, 3.8) is 0 Å². The van der Waals surface area contributed by atoms with Crippen LogP contribution in [0.15, 0.2) is 47.4 Å². The van der Waals surface area contributed by atoms with Gasteiger partial charge < -0.3 is 19.4 Å². The molecule has 6 nitrogen and oxygen atoms in total. The third kappa shape index (κ3) is 3.71. The average molecular weight is 380 g/mol. The quantitative estimate of drug-likeness (QED) is 0.713. The summed E-state index contributed by atoms with van der Waals surface area (Å²) in [6.07, 6.45) is 1.60. The van der Waals surface area contributed by atoms with E-state index >= 15 is 0 Å². The van der Waals surface area contributed by atoms with E-state index in [2.05, 4.69) is 5.32 Å². The van der Waals surface area contributed by atoms with E-state index in [1.807, 2.05) is 38.1 Å². The first kappa shape index (κ1) is 19.5. The Kier molecular flexibility index (Phi) is 5.68. The van der Waals surface area contributed by atoms with E-state index in [-0.39, 0.29) is 11.5 Å². The number of benzene rings is 2. The van der Waals surface area contributed by atoms with Gasteiger partial charge in [-0.05, 0) is 31.5 Å². The number of aryl methyl sites for hydroxylation is 2. The third-order valence-electron chi connectivity index (χ3n) is 4.71. The number of pyridine rings is 1. The van der Waals surface area contributed by atoms with Gasteiger partial charge in [-0.1, -0.05) is 29.8 Å². The molecule has 0 aliphatic rings. The average Bonchev–Trinajstić information content (AvgIpc) is 2.71. The van der Waals surface area contributed by atoms with Gasteiger partial charge in [0.25, 0.3) is 11.5 Å². The molecule has 1 amide bonds. The summed E-state index contributed by atoms with van der Waals surface area (Å²) >= 11 is 0. The minimum Gasteiger partial charge on any atom is -0.493 e. The Morgan fingerprint density at radius 2 is 1.75 bits per heavy atom. The Labute approximate surface area is 163 Å². The van der Waals surface area contributed by atoms with E-state index < -0.39 is 0 Å². The molecule has 2 aromatic carbocycles. The lowest BCUT2D eigenvalue weighted by Crippen LogP contribution is -2.27. The van der Waals surface area contributed by atoms with E-state index in [0.29, 0.717) is 40.9 Å². The monoisotopic (exact) mass is 380 g/mol. The lowest BCUT2D eigenvalue weighted by molar-refractivity contribution is 0.0951. The van der Waals surface area contributed by atoms with Crippen LogP contribution >= 0.6 is 0 Å². The zero-order valence-electron chi connectivity index (χ0n) is 16.5. The van der Waals surface area contributed by atoms with Crippen LogP contribution in [0, 0.1) is 6.92 Å². The molecular weight excluding hydrogens is 356 g/mol. The molecule has 146 valence electrons. The van der Waals surface area contributed by atoms with Crippen LogP contribution in [-0.2, 0) is 13.1 Å². The number of rotatable bonds is 6. The molecule has 0 saturated heterocycles. The van der Waals surface area contributed by atoms with Crippen LogP contribution in [0.1, 0.15) is 28.4 Å². The van der Waals surface area contributed by atoms with Gasteiger partial charge in [0.1, 0.15) is 0 Å². The van der Waals surface area contributed by atoms with Crippen molar-refractivity contribution in [1.29, 1.82) is 0 Å². The topological polar surface area (TPSA) is 69.6 Å². The summed E-state index contributed by atoms with van der Waals surface area (Å²) in [6.45, 7) is 4.74. The molecule has 1 aromatic heterocycles. The van der Waals surface area contributed by atoms with Crippen molar-refractivity contribution in [2.75, 3.05) is 14.2 Å². The minimum atomic E-state index is -0.249. The highest BCUT2D eigenvalue weighted by atomic mass is 16.5. The summed E-state index contributed by atoms with van der Waals surface area (Å²) in [5, 5.41) is 3.90. The summed E-state index contributed by atoms with van der Waals surface area (Å²) in [5.74, 6) is 0.671. The van der Waals surface area contributed by atoms with Crippen molar-refractivity contribution in [3.8, 4) is 11.5 Å². The highest BCUT2D eigenvalue weighted by Crippen LogP contribution is 2.32. The normalized spacial score (nSPS) is 10.7. The van der Waals surface area contributed by atoms with Gasteiger partial charge in [0.05, 0.1) is 25.2 Å². The molecule has 3 aromatic rings. The van der Waals surface area contributed by atoms with Gasteiger partial charge in [-0.25, -0.2) is 0 Å². The number of carbonyl (C=O) groups excluding carboxylic acids is 1. The molecule has 0 unspecified atom stereocenters. The van der Waals surface area contributed by atoms with Gasteiger partial charge in [0.2, 0.25) is 0 Å². The molecule has 28 heavy (non-hydrogen) atoms. The number of amides is 1. The maximum Gasteiger partial charge on any atom is 0.258 e. The predicted octanol–water partition coefficient (Wildman–Crippen LogP) is 3.28. The summed E-state index contributed by atoms with van der Waals surface area (Å²) in [4.78, 5) is 25.7. The Bertz CT molecular complexity index is 1090. The van der Waals surface area contributed by atoms with Crippen LogP contribution in [0.3, 0.4) is 0 Å². The molecule has 0 fully saturated rings. The fourth-order valence-electron chi connectivity index (χ4n) is 3.23. The molecule has 1 heterocycles. The first-order valence-corrected chi connectivity index (χ1v) is 9.11. The molecular formula is C22H24N2O4. The SMILES string of the molecule is CCn1cc(C(=O)NCc2cccc(C)c2)c2cc(OC)c(OC)cc2c1=O. The lowest BCUT2D eigenvalue weighted by atomic mass is 10.1. The Hall–Kier alpha value is -3.28. The Morgan fingerprint density at radius 3 is 2.36 bits per heavy atom. The highest BCUT2D eigenvalue weighted by molar-refractivity contribution is 6.07. The van der Waals surface area contributed by atoms with Crippen LogP contribution in [0.4, 0.5) is 0 Å². The number of methoxy groups -OCH3 is 2. The van der Waals surface area contributed by atoms with Gasteiger partial charge in [-0.15, -0.1) is 0 Å². The largest absolute Gasteiger partial charge is 0.493 e. The Balaban J connectivity index is 2.06. The number of nitrogens with one attached hydrogen (secondary N) is 1. The highest BCUT2D eigenvalue weighted by Gasteiger charge is 2.18. The van der Waals surface area contributed by atoms with Crippen molar-refractivity contribution >= 4 is 16.7 Å². The van der Waals surface area contributed by atoms with Crippen LogP contribution in [-0.4, -0.2) is 24.7 Å². The van der Waals surface area contributed by atoms with E-state index in [1.165, 1.54) is 18.8 Å². The van der Waals surface area contributed by atoms with Gasteiger partial charge >= 0.3 is 0 Å². The van der Waals surface area contributed by atoms with Gasteiger partial charge in [0, 0.05) is 24.7 Å². The summed E-state index contributed by atoms with van der Waals surface area (Å²) in [5.41, 5.74) is 2.40. The lowest BCUT2D eigenvalue weighted by Gasteiger charge is -2.14. The second-order valence-corrected chi connectivity index (χ2v) is 6.56. The fraction of sp³-hybridized carbons (Fsp3) is 0.273.